The molecule has 3 aromatic carbocycles. The minimum Gasteiger partial charge on any atom is -0.358 e. The van der Waals surface area contributed by atoms with Crippen LogP contribution in [0.1, 0.15) is 43.7 Å². The van der Waals surface area contributed by atoms with Crippen LogP contribution in [-0.2, 0) is 4.79 Å². The molecule has 1 heterocycles. The van der Waals surface area contributed by atoms with Crippen molar-refractivity contribution < 1.29 is 9.72 Å². The zero-order chi connectivity index (χ0) is 21.0. The summed E-state index contributed by atoms with van der Waals surface area (Å²) in [5.41, 5.74) is 4.69. The highest BCUT2D eigenvalue weighted by Gasteiger charge is 2.41. The van der Waals surface area contributed by atoms with Crippen molar-refractivity contribution in [3.63, 3.8) is 0 Å². The van der Waals surface area contributed by atoms with Crippen molar-refractivity contribution in [3.05, 3.63) is 93.2 Å². The number of rotatable bonds is 2. The van der Waals surface area contributed by atoms with Crippen LogP contribution in [0.3, 0.4) is 0 Å². The zero-order valence-electron chi connectivity index (χ0n) is 16.9. The molecule has 1 aliphatic carbocycles. The highest BCUT2D eigenvalue weighted by molar-refractivity contribution is 6.04. The summed E-state index contributed by atoms with van der Waals surface area (Å²) in [5, 5.41) is 16.9. The Kier molecular flexibility index (Phi) is 4.03. The molecule has 0 aromatic heterocycles. The quantitative estimate of drug-likeness (QED) is 0.428. The number of anilines is 1. The maximum absolute atomic E-state index is 13.3. The monoisotopic (exact) mass is 398 g/mol. The second-order valence-electron chi connectivity index (χ2n) is 8.99. The van der Waals surface area contributed by atoms with Gasteiger partial charge in [0.05, 0.1) is 4.92 Å². The average Bonchev–Trinajstić information content (AvgIpc) is 2.71. The van der Waals surface area contributed by atoms with Crippen LogP contribution in [0, 0.1) is 15.5 Å². The van der Waals surface area contributed by atoms with E-state index >= 15 is 0 Å². The molecule has 0 fully saturated rings. The van der Waals surface area contributed by atoms with E-state index in [0.717, 1.165) is 45.3 Å². The lowest BCUT2D eigenvalue weighted by molar-refractivity contribution is -0.384. The summed E-state index contributed by atoms with van der Waals surface area (Å²) in [6, 6.07) is 19.0. The van der Waals surface area contributed by atoms with E-state index in [2.05, 4.69) is 43.4 Å². The summed E-state index contributed by atoms with van der Waals surface area (Å²) in [4.78, 5) is 24.1. The molecule has 2 aliphatic rings. The number of nitrogens with one attached hydrogen (secondary N) is 1. The summed E-state index contributed by atoms with van der Waals surface area (Å²) < 4.78 is 0. The molecular formula is C25H22N2O3. The van der Waals surface area contributed by atoms with Crippen LogP contribution in [0.15, 0.2) is 71.9 Å². The Morgan fingerprint density at radius 1 is 1.00 bits per heavy atom. The maximum atomic E-state index is 13.3. The fourth-order valence-electron chi connectivity index (χ4n) is 4.93. The maximum Gasteiger partial charge on any atom is 0.269 e. The smallest absolute Gasteiger partial charge is 0.269 e. The van der Waals surface area contributed by atoms with Crippen LogP contribution in [-0.4, -0.2) is 10.7 Å². The number of nitro groups is 1. The molecule has 0 spiro atoms. The first-order chi connectivity index (χ1) is 14.3. The molecule has 0 saturated carbocycles. The molecule has 3 aromatic rings. The first-order valence-electron chi connectivity index (χ1n) is 10.1. The Morgan fingerprint density at radius 3 is 2.47 bits per heavy atom. The third kappa shape index (κ3) is 2.89. The number of hydrogen-bond acceptors (Lipinski definition) is 4. The van der Waals surface area contributed by atoms with Crippen LogP contribution in [0.5, 0.6) is 0 Å². The van der Waals surface area contributed by atoms with Crippen LogP contribution in [0.2, 0.25) is 0 Å². The fraction of sp³-hybridized carbons (Fsp3) is 0.240. The lowest BCUT2D eigenvalue weighted by Gasteiger charge is -2.40. The number of allylic oxidation sites excluding steroid dienone is 2. The number of nitro benzene ring substituents is 1. The molecule has 150 valence electrons. The molecule has 5 rings (SSSR count). The zero-order valence-corrected chi connectivity index (χ0v) is 16.9. The van der Waals surface area contributed by atoms with Crippen molar-refractivity contribution in [2.75, 3.05) is 5.32 Å². The van der Waals surface area contributed by atoms with Crippen molar-refractivity contribution in [1.29, 1.82) is 0 Å². The standard InChI is InChI=1S/C25H22N2O3/c1-25(2)13-20-24(21(28)14-25)22(16-7-10-17(11-8-16)27(29)30)23-18-6-4-3-5-15(18)9-12-19(23)26-20/h3-12,22,26H,13-14H2,1-2H3. The van der Waals surface area contributed by atoms with E-state index in [0.29, 0.717) is 6.42 Å². The number of ketones is 1. The number of hydrogen-bond donors (Lipinski definition) is 1. The summed E-state index contributed by atoms with van der Waals surface area (Å²) >= 11 is 0. The number of fused-ring (bicyclic) bond motifs is 3. The molecule has 0 saturated heterocycles. The number of carbonyl (C=O) groups excluding carboxylic acids is 1. The van der Waals surface area contributed by atoms with E-state index < -0.39 is 4.92 Å². The highest BCUT2D eigenvalue weighted by atomic mass is 16.6. The highest BCUT2D eigenvalue weighted by Crippen LogP contribution is 2.50. The topological polar surface area (TPSA) is 72.2 Å². The number of carbonyl (C=O) groups is 1. The Hall–Kier alpha value is -3.47. The summed E-state index contributed by atoms with van der Waals surface area (Å²) in [6.07, 6.45) is 1.29. The van der Waals surface area contributed by atoms with Crippen molar-refractivity contribution in [3.8, 4) is 0 Å². The minimum atomic E-state index is -0.394. The van der Waals surface area contributed by atoms with Gasteiger partial charge >= 0.3 is 0 Å². The van der Waals surface area contributed by atoms with E-state index in [1.54, 1.807) is 12.1 Å². The largest absolute Gasteiger partial charge is 0.358 e. The van der Waals surface area contributed by atoms with Crippen molar-refractivity contribution in [2.24, 2.45) is 5.41 Å². The summed E-state index contributed by atoms with van der Waals surface area (Å²) in [7, 11) is 0. The van der Waals surface area contributed by atoms with Crippen LogP contribution >= 0.6 is 0 Å². The van der Waals surface area contributed by atoms with Crippen molar-refractivity contribution >= 4 is 27.9 Å². The van der Waals surface area contributed by atoms with Gasteiger partial charge < -0.3 is 5.32 Å². The molecule has 1 atom stereocenters. The number of Topliss-reactive ketones (excluding diaryl/α,β-unsaturated/α-hetero) is 1. The van der Waals surface area contributed by atoms with Crippen LogP contribution in [0.4, 0.5) is 11.4 Å². The second kappa shape index (κ2) is 6.52. The van der Waals surface area contributed by atoms with Gasteiger partial charge in [0.1, 0.15) is 0 Å². The average molecular weight is 398 g/mol. The Bertz CT molecular complexity index is 1240. The van der Waals surface area contributed by atoms with E-state index in [9.17, 15) is 14.9 Å². The Morgan fingerprint density at radius 2 is 1.73 bits per heavy atom. The van der Waals surface area contributed by atoms with Crippen LogP contribution in [0.25, 0.3) is 10.8 Å². The van der Waals surface area contributed by atoms with Gasteiger partial charge in [-0.15, -0.1) is 0 Å². The van der Waals surface area contributed by atoms with E-state index in [1.165, 1.54) is 12.1 Å². The molecule has 0 bridgehead atoms. The minimum absolute atomic E-state index is 0.0520. The van der Waals surface area contributed by atoms with Crippen LogP contribution < -0.4 is 5.32 Å². The SMILES string of the molecule is CC1(C)CC(=O)C2=C(C1)Nc1ccc3ccccc3c1C2c1ccc([N+](=O)[O-])cc1. The van der Waals surface area contributed by atoms with Crippen molar-refractivity contribution in [2.45, 2.75) is 32.6 Å². The molecule has 1 N–H and O–H groups in total. The predicted octanol–water partition coefficient (Wildman–Crippen LogP) is 5.95. The third-order valence-corrected chi connectivity index (χ3v) is 6.19. The number of benzene rings is 3. The van der Waals surface area contributed by atoms with Gasteiger partial charge in [0.25, 0.3) is 5.69 Å². The molecule has 5 heteroatoms. The lowest BCUT2D eigenvalue weighted by Crippen LogP contribution is -2.33. The van der Waals surface area contributed by atoms with E-state index in [-0.39, 0.29) is 22.8 Å². The van der Waals surface area contributed by atoms with Gasteiger partial charge in [-0.2, -0.15) is 0 Å². The predicted molar refractivity (Wildman–Crippen MR) is 118 cm³/mol. The molecule has 30 heavy (non-hydrogen) atoms. The molecule has 5 nitrogen and oxygen atoms in total. The Labute approximate surface area is 174 Å². The van der Waals surface area contributed by atoms with Gasteiger partial charge in [0.2, 0.25) is 0 Å². The summed E-state index contributed by atoms with van der Waals surface area (Å²) in [5.74, 6) is -0.0950. The van der Waals surface area contributed by atoms with Crippen molar-refractivity contribution in [1.82, 2.24) is 0 Å². The van der Waals surface area contributed by atoms with Gasteiger partial charge in [-0.3, -0.25) is 14.9 Å². The first-order valence-corrected chi connectivity index (χ1v) is 10.1. The summed E-state index contributed by atoms with van der Waals surface area (Å²) in [6.45, 7) is 4.24. The third-order valence-electron chi connectivity index (χ3n) is 6.19. The second-order valence-corrected chi connectivity index (χ2v) is 8.99. The van der Waals surface area contributed by atoms with Gasteiger partial charge in [-0.1, -0.05) is 56.3 Å². The van der Waals surface area contributed by atoms with E-state index in [4.69, 9.17) is 0 Å². The van der Waals surface area contributed by atoms with Gasteiger partial charge in [0, 0.05) is 41.4 Å². The normalized spacial score (nSPS) is 19.8. The van der Waals surface area contributed by atoms with Gasteiger partial charge in [0.15, 0.2) is 5.78 Å². The lowest BCUT2D eigenvalue weighted by atomic mass is 9.68. The van der Waals surface area contributed by atoms with Gasteiger partial charge in [-0.05, 0) is 39.8 Å². The number of non-ortho nitro benzene ring substituents is 1. The molecule has 0 amide bonds. The first kappa shape index (κ1) is 18.6. The van der Waals surface area contributed by atoms with E-state index in [1.807, 2.05) is 12.1 Å². The fourth-order valence-corrected chi connectivity index (χ4v) is 4.93. The molecule has 0 radical (unpaired) electrons. The molecule has 1 aliphatic heterocycles. The number of nitrogens with zero attached hydrogens (tertiary/aromatic N) is 1. The Balaban J connectivity index is 1.78. The molecule has 1 unspecified atom stereocenters. The van der Waals surface area contributed by atoms with Gasteiger partial charge in [-0.25, -0.2) is 0 Å². The molecular weight excluding hydrogens is 376 g/mol.